The summed E-state index contributed by atoms with van der Waals surface area (Å²) >= 11 is 2.90. The number of aromatic nitrogens is 2. The Hall–Kier alpha value is -2.09. The highest BCUT2D eigenvalue weighted by Crippen LogP contribution is 2.34. The lowest BCUT2D eigenvalue weighted by Crippen LogP contribution is -2.52. The minimum atomic E-state index is -3.56. The first-order valence-corrected chi connectivity index (χ1v) is 7.34. The van der Waals surface area contributed by atoms with Gasteiger partial charge in [0.2, 0.25) is 5.72 Å². The minimum Gasteiger partial charge on any atom is -0.364 e. The quantitative estimate of drug-likeness (QED) is 0.432. The third-order valence-corrected chi connectivity index (χ3v) is 4.38. The molecule has 0 aliphatic carbocycles. The lowest BCUT2D eigenvalue weighted by molar-refractivity contribution is -0.390. The SMILES string of the molecule is Cc1c(Br)c([N+](=O)[O-])nn1CC(=O)N1N=C(C(F)F)C[C@@]1(O)C(F)F. The van der Waals surface area contributed by atoms with Crippen LogP contribution in [-0.2, 0) is 11.3 Å². The van der Waals surface area contributed by atoms with Crippen molar-refractivity contribution in [1.82, 2.24) is 14.8 Å². The molecule has 2 heterocycles. The van der Waals surface area contributed by atoms with E-state index in [9.17, 15) is 37.6 Å². The van der Waals surface area contributed by atoms with E-state index in [0.29, 0.717) is 0 Å². The van der Waals surface area contributed by atoms with Crippen LogP contribution < -0.4 is 0 Å². The van der Waals surface area contributed by atoms with E-state index in [-0.39, 0.29) is 15.2 Å². The van der Waals surface area contributed by atoms with Crippen LogP contribution in [0.3, 0.4) is 0 Å². The fraction of sp³-hybridized carbons (Fsp3) is 0.545. The second-order valence-corrected chi connectivity index (χ2v) is 5.88. The number of carbonyl (C=O) groups excluding carboxylic acids is 1. The molecule has 0 unspecified atom stereocenters. The first kappa shape index (κ1) is 19.2. The summed E-state index contributed by atoms with van der Waals surface area (Å²) in [5.41, 5.74) is -4.16. The van der Waals surface area contributed by atoms with Gasteiger partial charge in [0.15, 0.2) is 0 Å². The molecular weight excluding hydrogens is 422 g/mol. The van der Waals surface area contributed by atoms with Crippen LogP contribution in [0.4, 0.5) is 23.4 Å². The molecule has 0 saturated carbocycles. The van der Waals surface area contributed by atoms with Crippen LogP contribution in [0.5, 0.6) is 0 Å². The molecule has 0 saturated heterocycles. The van der Waals surface area contributed by atoms with E-state index in [1.165, 1.54) is 6.92 Å². The van der Waals surface area contributed by atoms with Gasteiger partial charge in [0, 0.05) is 6.42 Å². The Morgan fingerprint density at radius 3 is 2.52 bits per heavy atom. The van der Waals surface area contributed by atoms with Gasteiger partial charge in [0.1, 0.15) is 16.7 Å². The van der Waals surface area contributed by atoms with Crippen molar-refractivity contribution in [3.05, 3.63) is 20.3 Å². The van der Waals surface area contributed by atoms with Crippen molar-refractivity contribution in [2.24, 2.45) is 5.10 Å². The zero-order valence-electron chi connectivity index (χ0n) is 12.4. The number of alkyl halides is 4. The van der Waals surface area contributed by atoms with E-state index in [4.69, 9.17) is 0 Å². The molecule has 14 heteroatoms. The summed E-state index contributed by atoms with van der Waals surface area (Å²) in [6.45, 7) is 0.530. The Morgan fingerprint density at radius 2 is 2.08 bits per heavy atom. The fourth-order valence-corrected chi connectivity index (χ4v) is 2.56. The second-order valence-electron chi connectivity index (χ2n) is 5.09. The van der Waals surface area contributed by atoms with Crippen LogP contribution in [0, 0.1) is 17.0 Å². The van der Waals surface area contributed by atoms with E-state index in [0.717, 1.165) is 4.68 Å². The van der Waals surface area contributed by atoms with Gasteiger partial charge in [-0.3, -0.25) is 4.79 Å². The molecule has 0 fully saturated rings. The molecule has 1 aromatic rings. The zero-order valence-corrected chi connectivity index (χ0v) is 14.0. The van der Waals surface area contributed by atoms with Gasteiger partial charge < -0.3 is 15.2 Å². The average molecular weight is 432 g/mol. The van der Waals surface area contributed by atoms with Gasteiger partial charge in [-0.25, -0.2) is 17.6 Å². The summed E-state index contributed by atoms with van der Waals surface area (Å²) < 4.78 is 52.3. The summed E-state index contributed by atoms with van der Waals surface area (Å²) in [6, 6.07) is 0. The molecule has 1 aromatic heterocycles. The van der Waals surface area contributed by atoms with Crippen molar-refractivity contribution in [2.75, 3.05) is 0 Å². The molecule has 0 aromatic carbocycles. The zero-order chi connectivity index (χ0) is 19.1. The maximum atomic E-state index is 13.1. The Kier molecular flexibility index (Phi) is 5.13. The van der Waals surface area contributed by atoms with Gasteiger partial charge in [-0.2, -0.15) is 14.8 Å². The highest BCUT2D eigenvalue weighted by atomic mass is 79.9. The summed E-state index contributed by atoms with van der Waals surface area (Å²) in [6.07, 6.45) is -8.00. The second kappa shape index (κ2) is 6.67. The Labute approximate surface area is 145 Å². The highest BCUT2D eigenvalue weighted by molar-refractivity contribution is 9.10. The molecule has 1 aliphatic heterocycles. The predicted octanol–water partition coefficient (Wildman–Crippen LogP) is 1.67. The Morgan fingerprint density at radius 1 is 1.48 bits per heavy atom. The van der Waals surface area contributed by atoms with Crippen molar-refractivity contribution in [2.45, 2.75) is 38.5 Å². The Bertz CT molecular complexity index is 755. The van der Waals surface area contributed by atoms with Gasteiger partial charge in [0.25, 0.3) is 18.8 Å². The van der Waals surface area contributed by atoms with Crippen LogP contribution in [0.1, 0.15) is 12.1 Å². The van der Waals surface area contributed by atoms with Gasteiger partial charge in [-0.15, -0.1) is 0 Å². The number of aliphatic hydroxyl groups is 1. The van der Waals surface area contributed by atoms with Crippen LogP contribution in [-0.4, -0.2) is 55.0 Å². The summed E-state index contributed by atoms with van der Waals surface area (Å²) in [5.74, 6) is -1.90. The number of hydrogen-bond donors (Lipinski definition) is 1. The van der Waals surface area contributed by atoms with Crippen LogP contribution in [0.25, 0.3) is 0 Å². The first-order chi connectivity index (χ1) is 11.5. The molecule has 0 spiro atoms. The standard InChI is InChI=1S/C11H10BrF4N5O4/c1-4-7(12)9(21(24)25)18-19(4)3-6(22)20-11(23,10(15)16)2-5(17-20)8(13)14/h8,10,23H,2-3H2,1H3/t11-/m1/s1. The molecule has 1 aliphatic rings. The van der Waals surface area contributed by atoms with Crippen molar-refractivity contribution in [3.8, 4) is 0 Å². The molecule has 25 heavy (non-hydrogen) atoms. The topological polar surface area (TPSA) is 114 Å². The van der Waals surface area contributed by atoms with Gasteiger partial charge in [-0.05, 0) is 27.8 Å². The summed E-state index contributed by atoms with van der Waals surface area (Å²) in [5, 5.41) is 27.2. The number of hydrazone groups is 1. The van der Waals surface area contributed by atoms with Gasteiger partial charge >= 0.3 is 5.82 Å². The number of nitrogens with zero attached hydrogens (tertiary/aromatic N) is 5. The lowest BCUT2D eigenvalue weighted by Gasteiger charge is -2.29. The van der Waals surface area contributed by atoms with E-state index >= 15 is 0 Å². The lowest BCUT2D eigenvalue weighted by atomic mass is 10.1. The maximum Gasteiger partial charge on any atom is 0.404 e. The monoisotopic (exact) mass is 431 g/mol. The van der Waals surface area contributed by atoms with Crippen molar-refractivity contribution in [1.29, 1.82) is 0 Å². The summed E-state index contributed by atoms with van der Waals surface area (Å²) in [7, 11) is 0. The minimum absolute atomic E-state index is 0.0346. The highest BCUT2D eigenvalue weighted by Gasteiger charge is 2.53. The van der Waals surface area contributed by atoms with Crippen molar-refractivity contribution >= 4 is 33.4 Å². The molecule has 138 valence electrons. The third-order valence-electron chi connectivity index (χ3n) is 3.45. The molecule has 1 amide bonds. The van der Waals surface area contributed by atoms with Crippen LogP contribution >= 0.6 is 15.9 Å². The molecule has 1 atom stereocenters. The number of halogens is 5. The number of nitro groups is 1. The first-order valence-electron chi connectivity index (χ1n) is 6.55. The van der Waals surface area contributed by atoms with Gasteiger partial charge in [0.05, 0.1) is 10.8 Å². The summed E-state index contributed by atoms with van der Waals surface area (Å²) in [4.78, 5) is 22.1. The van der Waals surface area contributed by atoms with E-state index in [1.807, 2.05) is 0 Å². The van der Waals surface area contributed by atoms with Crippen molar-refractivity contribution in [3.63, 3.8) is 0 Å². The van der Waals surface area contributed by atoms with Crippen LogP contribution in [0.2, 0.25) is 0 Å². The maximum absolute atomic E-state index is 13.1. The smallest absolute Gasteiger partial charge is 0.364 e. The molecular formula is C11H10BrF4N5O4. The van der Waals surface area contributed by atoms with Crippen molar-refractivity contribution < 1.29 is 32.4 Å². The fourth-order valence-electron chi connectivity index (χ4n) is 2.13. The number of hydrogen-bond acceptors (Lipinski definition) is 6. The number of carbonyl (C=O) groups is 1. The molecule has 9 nitrogen and oxygen atoms in total. The third kappa shape index (κ3) is 3.35. The molecule has 0 bridgehead atoms. The molecule has 0 radical (unpaired) electrons. The molecule has 1 N–H and O–H groups in total. The predicted molar refractivity (Wildman–Crippen MR) is 77.2 cm³/mol. The normalized spacial score (nSPS) is 20.5. The van der Waals surface area contributed by atoms with E-state index < -0.39 is 53.9 Å². The Balaban J connectivity index is 2.33. The number of amides is 1. The number of rotatable bonds is 5. The van der Waals surface area contributed by atoms with E-state index in [1.54, 1.807) is 0 Å². The molecule has 2 rings (SSSR count). The van der Waals surface area contributed by atoms with E-state index in [2.05, 4.69) is 26.1 Å². The van der Waals surface area contributed by atoms with Crippen LogP contribution in [0.15, 0.2) is 9.57 Å². The average Bonchev–Trinajstić information content (AvgIpc) is 3.01. The van der Waals surface area contributed by atoms with Gasteiger partial charge in [-0.1, -0.05) is 0 Å². The largest absolute Gasteiger partial charge is 0.404 e.